The number of piperazine rings is 1. The van der Waals surface area contributed by atoms with Crippen LogP contribution in [0.4, 0.5) is 0 Å². The molecule has 132 valence electrons. The number of nitrogens with zero attached hydrogens (tertiary/aromatic N) is 2. The highest BCUT2D eigenvalue weighted by Crippen LogP contribution is 2.22. The number of aryl methyl sites for hydroxylation is 2. The maximum atomic E-state index is 12.6. The number of furan rings is 1. The van der Waals surface area contributed by atoms with Crippen molar-refractivity contribution in [1.29, 1.82) is 0 Å². The van der Waals surface area contributed by atoms with Crippen molar-refractivity contribution in [2.75, 3.05) is 26.2 Å². The molecule has 2 aliphatic rings. The molecule has 1 aliphatic heterocycles. The first-order chi connectivity index (χ1) is 12.3. The topological polar surface area (TPSA) is 36.7 Å². The molecule has 2 aromatic rings. The molecule has 4 heteroatoms. The summed E-state index contributed by atoms with van der Waals surface area (Å²) in [6.45, 7) is 4.28. The van der Waals surface area contributed by atoms with Crippen LogP contribution in [-0.4, -0.2) is 41.9 Å². The van der Waals surface area contributed by atoms with Gasteiger partial charge in [-0.25, -0.2) is 0 Å². The number of hydrogen-bond acceptors (Lipinski definition) is 3. The van der Waals surface area contributed by atoms with E-state index in [1.165, 1.54) is 42.4 Å². The first kappa shape index (κ1) is 16.4. The number of carbonyl (C=O) groups is 1. The number of carbonyl (C=O) groups excluding carboxylic acids is 1. The van der Waals surface area contributed by atoms with Crippen LogP contribution in [0.25, 0.3) is 0 Å². The molecule has 1 saturated heterocycles. The Bertz CT molecular complexity index is 716. The van der Waals surface area contributed by atoms with Crippen LogP contribution in [0.2, 0.25) is 0 Å². The summed E-state index contributed by atoms with van der Waals surface area (Å²) in [7, 11) is 0. The van der Waals surface area contributed by atoms with Crippen LogP contribution < -0.4 is 0 Å². The van der Waals surface area contributed by atoms with Crippen LogP contribution in [0.15, 0.2) is 41.0 Å². The van der Waals surface area contributed by atoms with E-state index in [2.05, 4.69) is 23.1 Å². The van der Waals surface area contributed by atoms with Crippen molar-refractivity contribution in [1.82, 2.24) is 9.80 Å². The highest BCUT2D eigenvalue weighted by atomic mass is 16.3. The third-order valence-electron chi connectivity index (χ3n) is 5.45. The van der Waals surface area contributed by atoms with Gasteiger partial charge in [0.2, 0.25) is 5.91 Å². The van der Waals surface area contributed by atoms with E-state index in [4.69, 9.17) is 4.42 Å². The van der Waals surface area contributed by atoms with Crippen LogP contribution in [0.1, 0.15) is 35.3 Å². The average molecular weight is 338 g/mol. The molecular weight excluding hydrogens is 312 g/mol. The van der Waals surface area contributed by atoms with Crippen molar-refractivity contribution in [3.8, 4) is 0 Å². The predicted octanol–water partition coefficient (Wildman–Crippen LogP) is 3.05. The predicted molar refractivity (Wildman–Crippen MR) is 97.4 cm³/mol. The molecule has 0 saturated carbocycles. The summed E-state index contributed by atoms with van der Waals surface area (Å²) in [5.41, 5.74) is 4.11. The van der Waals surface area contributed by atoms with Gasteiger partial charge in [-0.15, -0.1) is 0 Å². The zero-order valence-electron chi connectivity index (χ0n) is 14.7. The molecule has 1 aromatic heterocycles. The largest absolute Gasteiger partial charge is 0.468 e. The minimum Gasteiger partial charge on any atom is -0.468 e. The van der Waals surface area contributed by atoms with Crippen LogP contribution in [-0.2, 0) is 30.6 Å². The van der Waals surface area contributed by atoms with E-state index in [-0.39, 0.29) is 5.91 Å². The highest BCUT2D eigenvalue weighted by Gasteiger charge is 2.22. The Morgan fingerprint density at radius 1 is 1.00 bits per heavy atom. The van der Waals surface area contributed by atoms with Gasteiger partial charge in [0.25, 0.3) is 0 Å². The van der Waals surface area contributed by atoms with Gasteiger partial charge in [-0.1, -0.05) is 18.2 Å². The Morgan fingerprint density at radius 2 is 1.80 bits per heavy atom. The normalized spacial score (nSPS) is 18.2. The maximum absolute atomic E-state index is 12.6. The lowest BCUT2D eigenvalue weighted by Gasteiger charge is -2.34. The van der Waals surface area contributed by atoms with E-state index in [1.807, 2.05) is 17.0 Å². The van der Waals surface area contributed by atoms with E-state index in [0.717, 1.165) is 38.5 Å². The van der Waals surface area contributed by atoms with Crippen molar-refractivity contribution < 1.29 is 9.21 Å². The van der Waals surface area contributed by atoms with Crippen LogP contribution >= 0.6 is 0 Å². The van der Waals surface area contributed by atoms with Gasteiger partial charge < -0.3 is 9.32 Å². The standard InChI is InChI=1S/C21H26N2O2/c24-21(15-17-7-8-18-4-1-2-5-19(18)14-17)23-11-9-22(10-12-23)16-20-6-3-13-25-20/h3,6-8,13-14H,1-2,4-5,9-12,15-16H2. The molecule has 4 nitrogen and oxygen atoms in total. The van der Waals surface area contributed by atoms with Crippen LogP contribution in [0, 0.1) is 0 Å². The van der Waals surface area contributed by atoms with Gasteiger partial charge in [-0.05, 0) is 54.5 Å². The molecule has 0 unspecified atom stereocenters. The minimum atomic E-state index is 0.258. The van der Waals surface area contributed by atoms with Gasteiger partial charge in [-0.3, -0.25) is 9.69 Å². The molecule has 0 bridgehead atoms. The van der Waals surface area contributed by atoms with Crippen LogP contribution in [0.5, 0.6) is 0 Å². The summed E-state index contributed by atoms with van der Waals surface area (Å²) >= 11 is 0. The van der Waals surface area contributed by atoms with Gasteiger partial charge in [0.05, 0.1) is 19.2 Å². The van der Waals surface area contributed by atoms with Crippen molar-refractivity contribution >= 4 is 5.91 Å². The Labute approximate surface area is 149 Å². The molecule has 0 atom stereocenters. The van der Waals surface area contributed by atoms with E-state index < -0.39 is 0 Å². The Balaban J connectivity index is 1.30. The van der Waals surface area contributed by atoms with Crippen molar-refractivity contribution in [3.63, 3.8) is 0 Å². The molecule has 0 N–H and O–H groups in total. The second-order valence-corrected chi connectivity index (χ2v) is 7.22. The smallest absolute Gasteiger partial charge is 0.227 e. The minimum absolute atomic E-state index is 0.258. The summed E-state index contributed by atoms with van der Waals surface area (Å²) in [5.74, 6) is 1.25. The summed E-state index contributed by atoms with van der Waals surface area (Å²) in [5, 5.41) is 0. The molecule has 1 amide bonds. The monoisotopic (exact) mass is 338 g/mol. The fourth-order valence-electron chi connectivity index (χ4n) is 3.96. The molecule has 1 aliphatic carbocycles. The number of hydrogen-bond donors (Lipinski definition) is 0. The summed E-state index contributed by atoms with van der Waals surface area (Å²) in [6.07, 6.45) is 7.19. The van der Waals surface area contributed by atoms with Crippen molar-refractivity contribution in [2.45, 2.75) is 38.6 Å². The molecular formula is C21H26N2O2. The SMILES string of the molecule is O=C(Cc1ccc2c(c1)CCCC2)N1CCN(Cc2ccco2)CC1. The number of benzene rings is 1. The van der Waals surface area contributed by atoms with E-state index >= 15 is 0 Å². The van der Waals surface area contributed by atoms with Crippen molar-refractivity contribution in [3.05, 3.63) is 59.0 Å². The third-order valence-corrected chi connectivity index (χ3v) is 5.45. The van der Waals surface area contributed by atoms with Crippen LogP contribution in [0.3, 0.4) is 0 Å². The lowest BCUT2D eigenvalue weighted by atomic mass is 9.90. The average Bonchev–Trinajstić information content (AvgIpc) is 3.15. The van der Waals surface area contributed by atoms with E-state index in [1.54, 1.807) is 6.26 Å². The molecule has 0 spiro atoms. The Hall–Kier alpha value is -2.07. The fraction of sp³-hybridized carbons (Fsp3) is 0.476. The second-order valence-electron chi connectivity index (χ2n) is 7.22. The third kappa shape index (κ3) is 3.96. The van der Waals surface area contributed by atoms with Gasteiger partial charge in [0.1, 0.15) is 5.76 Å². The van der Waals surface area contributed by atoms with E-state index in [9.17, 15) is 4.79 Å². The Kier molecular flexibility index (Phi) is 4.88. The van der Waals surface area contributed by atoms with Gasteiger partial charge in [0.15, 0.2) is 0 Å². The first-order valence-electron chi connectivity index (χ1n) is 9.41. The van der Waals surface area contributed by atoms with Crippen molar-refractivity contribution in [2.24, 2.45) is 0 Å². The molecule has 0 radical (unpaired) electrons. The molecule has 1 aromatic carbocycles. The molecule has 25 heavy (non-hydrogen) atoms. The molecule has 4 rings (SSSR count). The highest BCUT2D eigenvalue weighted by molar-refractivity contribution is 5.79. The quantitative estimate of drug-likeness (QED) is 0.860. The molecule has 1 fully saturated rings. The van der Waals surface area contributed by atoms with Gasteiger partial charge in [0, 0.05) is 26.2 Å². The summed E-state index contributed by atoms with van der Waals surface area (Å²) in [6, 6.07) is 10.6. The zero-order chi connectivity index (χ0) is 17.1. The zero-order valence-corrected chi connectivity index (χ0v) is 14.7. The maximum Gasteiger partial charge on any atom is 0.227 e. The number of fused-ring (bicyclic) bond motifs is 1. The van der Waals surface area contributed by atoms with Gasteiger partial charge in [-0.2, -0.15) is 0 Å². The first-order valence-corrected chi connectivity index (χ1v) is 9.41. The number of amides is 1. The Morgan fingerprint density at radius 3 is 2.56 bits per heavy atom. The molecule has 2 heterocycles. The van der Waals surface area contributed by atoms with Gasteiger partial charge >= 0.3 is 0 Å². The lowest BCUT2D eigenvalue weighted by Crippen LogP contribution is -2.48. The lowest BCUT2D eigenvalue weighted by molar-refractivity contribution is -0.132. The number of rotatable bonds is 4. The van der Waals surface area contributed by atoms with E-state index in [0.29, 0.717) is 6.42 Å². The fourth-order valence-corrected chi connectivity index (χ4v) is 3.96. The summed E-state index contributed by atoms with van der Waals surface area (Å²) < 4.78 is 5.41. The second kappa shape index (κ2) is 7.44. The summed E-state index contributed by atoms with van der Waals surface area (Å²) in [4.78, 5) is 17.0.